The van der Waals surface area contributed by atoms with E-state index in [2.05, 4.69) is 21.2 Å². The average molecular weight is 729 g/mol. The smallest absolute Gasteiger partial charge is 0.435 e. The molecule has 2 aromatic carbocycles. The fourth-order valence-corrected chi connectivity index (χ4v) is 5.87. The van der Waals surface area contributed by atoms with Gasteiger partial charge >= 0.3 is 18.2 Å². The molecule has 0 N–H and O–H groups in total. The van der Waals surface area contributed by atoms with Crippen LogP contribution in [-0.4, -0.2) is 57.3 Å². The molecule has 1 amide bonds. The predicted octanol–water partition coefficient (Wildman–Crippen LogP) is 9.61. The van der Waals surface area contributed by atoms with Crippen molar-refractivity contribution in [2.75, 3.05) is 13.2 Å². The van der Waals surface area contributed by atoms with Crippen LogP contribution in [0.15, 0.2) is 45.9 Å². The fraction of sp³-hybridized carbons (Fsp3) is 0.564. The first-order chi connectivity index (χ1) is 24.2. The maximum Gasteiger partial charge on any atom is 0.435 e. The van der Waals surface area contributed by atoms with Crippen LogP contribution in [0.2, 0.25) is 0 Å². The molecular weight excluding hydrogens is 677 g/mol. The standard InChI is InChI=1S/C39H51F3N4O6/c1-10-27(35(47)50-37(4,5)6)23-32(43-36(48)51-38(7,8)9)46-19-11-14-30(46)34-44-33(45-52-34)28-17-18-31(29(22-28)39(40,41)42)49-20-12-13-26-16-15-24(2)25(3)21-26/h15-18,21-22,27,30H,10-14,19-20,23H2,1-9H3/t27?,30-/m0/s1. The van der Waals surface area contributed by atoms with Gasteiger partial charge in [-0.25, -0.2) is 4.79 Å². The summed E-state index contributed by atoms with van der Waals surface area (Å²) < 4.78 is 65.1. The van der Waals surface area contributed by atoms with Gasteiger partial charge in [-0.3, -0.25) is 4.79 Å². The Morgan fingerprint density at radius 3 is 2.35 bits per heavy atom. The highest BCUT2D eigenvalue weighted by Gasteiger charge is 2.38. The van der Waals surface area contributed by atoms with E-state index in [0.717, 1.165) is 17.2 Å². The second-order valence-corrected chi connectivity index (χ2v) is 15.2. The van der Waals surface area contributed by atoms with Crippen molar-refractivity contribution in [1.29, 1.82) is 0 Å². The molecule has 2 heterocycles. The van der Waals surface area contributed by atoms with Crippen LogP contribution in [0.4, 0.5) is 18.0 Å². The van der Waals surface area contributed by atoms with Crippen molar-refractivity contribution >= 4 is 17.9 Å². The van der Waals surface area contributed by atoms with Gasteiger partial charge in [-0.2, -0.15) is 23.1 Å². The molecule has 52 heavy (non-hydrogen) atoms. The molecule has 0 radical (unpaired) electrons. The summed E-state index contributed by atoms with van der Waals surface area (Å²) in [5.74, 6) is -0.882. The van der Waals surface area contributed by atoms with E-state index in [-0.39, 0.29) is 36.1 Å². The molecule has 10 nitrogen and oxygen atoms in total. The van der Waals surface area contributed by atoms with Crippen molar-refractivity contribution < 1.29 is 41.5 Å². The number of amidine groups is 1. The third kappa shape index (κ3) is 11.3. The molecule has 0 saturated carbocycles. The van der Waals surface area contributed by atoms with Gasteiger partial charge in [0.05, 0.1) is 18.1 Å². The molecule has 13 heteroatoms. The monoisotopic (exact) mass is 728 g/mol. The normalized spacial score (nSPS) is 16.2. The Labute approximate surface area is 304 Å². The van der Waals surface area contributed by atoms with E-state index in [1.807, 2.05) is 37.8 Å². The van der Waals surface area contributed by atoms with Gasteiger partial charge in [-0.1, -0.05) is 30.3 Å². The summed E-state index contributed by atoms with van der Waals surface area (Å²) in [6, 6.07) is 9.29. The molecule has 284 valence electrons. The van der Waals surface area contributed by atoms with Crippen LogP contribution >= 0.6 is 0 Å². The minimum Gasteiger partial charge on any atom is -0.493 e. The largest absolute Gasteiger partial charge is 0.493 e. The third-order valence-electron chi connectivity index (χ3n) is 8.57. The number of hydrogen-bond acceptors (Lipinski definition) is 8. The Bertz CT molecular complexity index is 1740. The van der Waals surface area contributed by atoms with Crippen LogP contribution in [0.5, 0.6) is 5.75 Å². The molecule has 1 unspecified atom stereocenters. The lowest BCUT2D eigenvalue weighted by molar-refractivity contribution is -0.159. The van der Waals surface area contributed by atoms with Gasteiger partial charge in [0, 0.05) is 18.5 Å². The van der Waals surface area contributed by atoms with Crippen LogP contribution in [-0.2, 0) is 26.9 Å². The van der Waals surface area contributed by atoms with Crippen molar-refractivity contribution in [3.8, 4) is 17.1 Å². The second kappa shape index (κ2) is 16.5. The summed E-state index contributed by atoms with van der Waals surface area (Å²) >= 11 is 0. The highest BCUT2D eigenvalue weighted by atomic mass is 19.4. The van der Waals surface area contributed by atoms with Crippen molar-refractivity contribution in [2.24, 2.45) is 10.9 Å². The van der Waals surface area contributed by atoms with Crippen LogP contribution < -0.4 is 4.74 Å². The number of halogens is 3. The predicted molar refractivity (Wildman–Crippen MR) is 191 cm³/mol. The van der Waals surface area contributed by atoms with Gasteiger partial charge in [-0.05, 0) is 122 Å². The number of ether oxygens (including phenoxy) is 3. The van der Waals surface area contributed by atoms with Crippen LogP contribution in [0.1, 0.15) is 115 Å². The lowest BCUT2D eigenvalue weighted by Gasteiger charge is -2.29. The van der Waals surface area contributed by atoms with Gasteiger partial charge in [0.1, 0.15) is 28.8 Å². The number of hydrogen-bond donors (Lipinski definition) is 0. The van der Waals surface area contributed by atoms with Crippen molar-refractivity contribution in [3.05, 3.63) is 64.5 Å². The molecule has 1 aromatic heterocycles. The first kappa shape index (κ1) is 40.4. The maximum absolute atomic E-state index is 14.2. The first-order valence-corrected chi connectivity index (χ1v) is 17.8. The van der Waals surface area contributed by atoms with Crippen molar-refractivity contribution in [2.45, 2.75) is 124 Å². The lowest BCUT2D eigenvalue weighted by Crippen LogP contribution is -2.36. The minimum atomic E-state index is -4.69. The number of aryl methyl sites for hydroxylation is 3. The molecule has 4 rings (SSSR count). The van der Waals surface area contributed by atoms with Gasteiger partial charge in [-0.15, -0.1) is 0 Å². The summed E-state index contributed by atoms with van der Waals surface area (Å²) in [5.41, 5.74) is 1.10. The first-order valence-electron chi connectivity index (χ1n) is 17.8. The summed E-state index contributed by atoms with van der Waals surface area (Å²) in [4.78, 5) is 36.7. The Kier molecular flexibility index (Phi) is 12.8. The topological polar surface area (TPSA) is 116 Å². The van der Waals surface area contributed by atoms with Crippen molar-refractivity contribution in [1.82, 2.24) is 15.0 Å². The average Bonchev–Trinajstić information content (AvgIpc) is 3.71. The Hall–Kier alpha value is -4.42. The quantitative estimate of drug-likeness (QED) is 0.0824. The van der Waals surface area contributed by atoms with E-state index in [1.54, 1.807) is 41.5 Å². The highest BCUT2D eigenvalue weighted by Crippen LogP contribution is 2.39. The molecular formula is C39H51F3N4O6. The lowest BCUT2D eigenvalue weighted by atomic mass is 10.0. The Morgan fingerprint density at radius 1 is 1.00 bits per heavy atom. The van der Waals surface area contributed by atoms with E-state index in [1.165, 1.54) is 17.7 Å². The van der Waals surface area contributed by atoms with E-state index < -0.39 is 47.0 Å². The number of nitrogens with zero attached hydrogens (tertiary/aromatic N) is 4. The molecule has 0 bridgehead atoms. The number of aliphatic imine (C=N–C) groups is 1. The zero-order valence-electron chi connectivity index (χ0n) is 31.6. The molecule has 1 fully saturated rings. The molecule has 0 aliphatic carbocycles. The number of benzene rings is 2. The van der Waals surface area contributed by atoms with E-state index in [0.29, 0.717) is 44.5 Å². The number of esters is 1. The summed E-state index contributed by atoms with van der Waals surface area (Å²) in [6.45, 7) is 17.0. The van der Waals surface area contributed by atoms with Crippen LogP contribution in [0, 0.1) is 19.8 Å². The van der Waals surface area contributed by atoms with E-state index in [9.17, 15) is 22.8 Å². The van der Waals surface area contributed by atoms with Gasteiger partial charge in [0.25, 0.3) is 0 Å². The summed E-state index contributed by atoms with van der Waals surface area (Å²) in [5, 5.41) is 4.03. The second-order valence-electron chi connectivity index (χ2n) is 15.2. The SMILES string of the molecule is CCC(CC(=NC(=O)OC(C)(C)C)N1CCC[C@H]1c1nc(-c2ccc(OCCCc3ccc(C)c(C)c3)c(C(F)(F)F)c2)no1)C(=O)OC(C)(C)C. The van der Waals surface area contributed by atoms with Gasteiger partial charge in [0.2, 0.25) is 11.7 Å². The van der Waals surface area contributed by atoms with Gasteiger partial charge < -0.3 is 23.6 Å². The van der Waals surface area contributed by atoms with Crippen LogP contribution in [0.25, 0.3) is 11.4 Å². The Morgan fingerprint density at radius 2 is 1.71 bits per heavy atom. The van der Waals surface area contributed by atoms with E-state index in [4.69, 9.17) is 18.7 Å². The number of likely N-dealkylation sites (tertiary alicyclic amines) is 1. The van der Waals surface area contributed by atoms with Crippen LogP contribution in [0.3, 0.4) is 0 Å². The number of aromatic nitrogens is 2. The number of carbonyl (C=O) groups is 2. The number of amides is 1. The fourth-order valence-electron chi connectivity index (χ4n) is 5.87. The molecule has 0 spiro atoms. The minimum absolute atomic E-state index is 0.0283. The van der Waals surface area contributed by atoms with Gasteiger partial charge in [0.15, 0.2) is 0 Å². The molecule has 1 aliphatic heterocycles. The third-order valence-corrected chi connectivity index (χ3v) is 8.57. The zero-order valence-corrected chi connectivity index (χ0v) is 31.6. The number of carbonyl (C=O) groups excluding carboxylic acids is 2. The molecule has 1 aliphatic rings. The summed E-state index contributed by atoms with van der Waals surface area (Å²) in [7, 11) is 0. The number of alkyl halides is 3. The maximum atomic E-state index is 14.2. The van der Waals surface area contributed by atoms with E-state index >= 15 is 0 Å². The Balaban J connectivity index is 1.56. The zero-order chi connectivity index (χ0) is 38.4. The molecule has 2 atom stereocenters. The molecule has 3 aromatic rings. The number of rotatable bonds is 11. The highest BCUT2D eigenvalue weighted by molar-refractivity contribution is 5.94. The summed E-state index contributed by atoms with van der Waals surface area (Å²) in [6.07, 6.45) is -2.55. The van der Waals surface area contributed by atoms with Crippen molar-refractivity contribution in [3.63, 3.8) is 0 Å². The molecule has 1 saturated heterocycles.